The summed E-state index contributed by atoms with van der Waals surface area (Å²) in [7, 11) is 1.35. The minimum Gasteiger partial charge on any atom is -0.496 e. The molecule has 0 amide bonds. The van der Waals surface area contributed by atoms with Crippen LogP contribution in [0.5, 0.6) is 11.5 Å². The van der Waals surface area contributed by atoms with E-state index in [0.29, 0.717) is 16.8 Å². The van der Waals surface area contributed by atoms with Gasteiger partial charge in [-0.15, -0.1) is 0 Å². The lowest BCUT2D eigenvalue weighted by molar-refractivity contribution is 0.257. The summed E-state index contributed by atoms with van der Waals surface area (Å²) in [5.41, 5.74) is 0.855. The van der Waals surface area contributed by atoms with Gasteiger partial charge in [-0.05, 0) is 30.7 Å². The van der Waals surface area contributed by atoms with Crippen LogP contribution in [-0.4, -0.2) is 12.1 Å². The minimum atomic E-state index is -1.67. The van der Waals surface area contributed by atoms with E-state index in [1.165, 1.54) is 19.2 Å². The summed E-state index contributed by atoms with van der Waals surface area (Å²) in [6, 6.07) is 8.08. The van der Waals surface area contributed by atoms with Gasteiger partial charge in [0, 0.05) is 22.9 Å². The molecule has 0 saturated heterocycles. The Morgan fingerprint density at radius 2 is 1.73 bits per heavy atom. The van der Waals surface area contributed by atoms with E-state index in [4.69, 9.17) is 9.47 Å². The van der Waals surface area contributed by atoms with Crippen molar-refractivity contribution in [3.05, 3.63) is 80.8 Å². The number of nitriles is 1. The van der Waals surface area contributed by atoms with Crippen LogP contribution in [0.15, 0.2) is 35.1 Å². The molecule has 0 saturated carbocycles. The molecule has 3 aromatic rings. The molecular formula is C21H14F4N2O3. The SMILES string of the molecule is COc1ccc(-c2cc(C)[nH]c(=O)c2C#N)cc1COc1c(F)c(F)cc(F)c1F. The molecule has 0 spiro atoms. The molecule has 0 aliphatic rings. The van der Waals surface area contributed by atoms with Gasteiger partial charge in [0.05, 0.1) is 7.11 Å². The van der Waals surface area contributed by atoms with Crippen molar-refractivity contribution in [2.24, 2.45) is 0 Å². The van der Waals surface area contributed by atoms with Gasteiger partial charge in [0.1, 0.15) is 24.0 Å². The fraction of sp³-hybridized carbons (Fsp3) is 0.143. The Hall–Kier alpha value is -3.80. The minimum absolute atomic E-state index is 0.0808. The fourth-order valence-electron chi connectivity index (χ4n) is 2.91. The average molecular weight is 418 g/mol. The molecule has 0 fully saturated rings. The lowest BCUT2D eigenvalue weighted by Crippen LogP contribution is -2.13. The highest BCUT2D eigenvalue weighted by molar-refractivity contribution is 5.71. The van der Waals surface area contributed by atoms with Crippen LogP contribution in [0.1, 0.15) is 16.8 Å². The van der Waals surface area contributed by atoms with Crippen molar-refractivity contribution in [2.45, 2.75) is 13.5 Å². The molecule has 9 heteroatoms. The van der Waals surface area contributed by atoms with Gasteiger partial charge in [-0.25, -0.2) is 8.78 Å². The molecule has 1 N–H and O–H groups in total. The first-order valence-electron chi connectivity index (χ1n) is 8.54. The Balaban J connectivity index is 2.05. The lowest BCUT2D eigenvalue weighted by Gasteiger charge is -2.14. The van der Waals surface area contributed by atoms with Crippen LogP contribution in [-0.2, 0) is 6.61 Å². The summed E-state index contributed by atoms with van der Waals surface area (Å²) < 4.78 is 64.7. The van der Waals surface area contributed by atoms with Gasteiger partial charge in [0.15, 0.2) is 17.4 Å². The molecule has 1 heterocycles. The van der Waals surface area contributed by atoms with E-state index in [2.05, 4.69) is 4.98 Å². The molecule has 0 aliphatic heterocycles. The van der Waals surface area contributed by atoms with E-state index in [9.17, 15) is 27.6 Å². The highest BCUT2D eigenvalue weighted by Crippen LogP contribution is 2.31. The number of aromatic amines is 1. The second-order valence-corrected chi connectivity index (χ2v) is 6.29. The van der Waals surface area contributed by atoms with Crippen LogP contribution < -0.4 is 15.0 Å². The largest absolute Gasteiger partial charge is 0.496 e. The fourth-order valence-corrected chi connectivity index (χ4v) is 2.91. The third kappa shape index (κ3) is 3.85. The number of H-pyrrole nitrogens is 1. The number of methoxy groups -OCH3 is 1. The van der Waals surface area contributed by atoms with Gasteiger partial charge in [0.2, 0.25) is 11.6 Å². The predicted molar refractivity (Wildman–Crippen MR) is 99.1 cm³/mol. The zero-order chi connectivity index (χ0) is 22.0. The summed E-state index contributed by atoms with van der Waals surface area (Å²) >= 11 is 0. The molecule has 30 heavy (non-hydrogen) atoms. The molecule has 5 nitrogen and oxygen atoms in total. The van der Waals surface area contributed by atoms with Gasteiger partial charge < -0.3 is 14.5 Å². The molecule has 1 aromatic heterocycles. The number of aromatic nitrogens is 1. The topological polar surface area (TPSA) is 75.1 Å². The van der Waals surface area contributed by atoms with Crippen molar-refractivity contribution in [1.82, 2.24) is 4.98 Å². The van der Waals surface area contributed by atoms with Crippen LogP contribution in [0, 0.1) is 41.5 Å². The van der Waals surface area contributed by atoms with Crippen molar-refractivity contribution >= 4 is 0 Å². The van der Waals surface area contributed by atoms with Crippen molar-refractivity contribution in [1.29, 1.82) is 5.26 Å². The van der Waals surface area contributed by atoms with Crippen molar-refractivity contribution in [3.63, 3.8) is 0 Å². The smallest absolute Gasteiger partial charge is 0.266 e. The third-order valence-electron chi connectivity index (χ3n) is 4.31. The summed E-state index contributed by atoms with van der Waals surface area (Å²) in [4.78, 5) is 14.6. The number of hydrogen-bond acceptors (Lipinski definition) is 4. The number of nitrogens with one attached hydrogen (secondary N) is 1. The van der Waals surface area contributed by atoms with Crippen LogP contribution >= 0.6 is 0 Å². The molecule has 0 radical (unpaired) electrons. The van der Waals surface area contributed by atoms with E-state index in [-0.39, 0.29) is 22.9 Å². The Kier molecular flexibility index (Phi) is 5.78. The molecule has 0 unspecified atom stereocenters. The van der Waals surface area contributed by atoms with Gasteiger partial charge in [-0.3, -0.25) is 4.79 Å². The van der Waals surface area contributed by atoms with Gasteiger partial charge in [0.25, 0.3) is 5.56 Å². The zero-order valence-electron chi connectivity index (χ0n) is 15.8. The maximum atomic E-state index is 13.8. The number of pyridine rings is 1. The molecule has 0 bridgehead atoms. The first kappa shape index (κ1) is 20.9. The maximum Gasteiger partial charge on any atom is 0.266 e. The van der Waals surface area contributed by atoms with E-state index in [1.807, 2.05) is 6.07 Å². The summed E-state index contributed by atoms with van der Waals surface area (Å²) in [6.45, 7) is 1.14. The molecular weight excluding hydrogens is 404 g/mol. The molecule has 2 aromatic carbocycles. The maximum absolute atomic E-state index is 13.8. The third-order valence-corrected chi connectivity index (χ3v) is 4.31. The van der Waals surface area contributed by atoms with E-state index in [1.54, 1.807) is 19.1 Å². The summed E-state index contributed by atoms with van der Waals surface area (Å²) in [5.74, 6) is -7.47. The zero-order valence-corrected chi connectivity index (χ0v) is 15.8. The van der Waals surface area contributed by atoms with Gasteiger partial charge in [-0.1, -0.05) is 6.07 Å². The Bertz CT molecular complexity index is 1210. The quantitative estimate of drug-likeness (QED) is 0.493. The highest BCUT2D eigenvalue weighted by Gasteiger charge is 2.21. The average Bonchev–Trinajstić information content (AvgIpc) is 2.71. The lowest BCUT2D eigenvalue weighted by atomic mass is 9.99. The molecule has 0 aliphatic carbocycles. The normalized spacial score (nSPS) is 10.6. The molecule has 0 atom stereocenters. The van der Waals surface area contributed by atoms with Crippen LogP contribution in [0.2, 0.25) is 0 Å². The predicted octanol–water partition coefficient (Wildman–Crippen LogP) is 4.37. The van der Waals surface area contributed by atoms with Crippen LogP contribution in [0.3, 0.4) is 0 Å². The second-order valence-electron chi connectivity index (χ2n) is 6.29. The van der Waals surface area contributed by atoms with Gasteiger partial charge in [-0.2, -0.15) is 14.0 Å². The van der Waals surface area contributed by atoms with E-state index >= 15 is 0 Å². The number of nitrogens with zero attached hydrogens (tertiary/aromatic N) is 1. The highest BCUT2D eigenvalue weighted by atomic mass is 19.2. The van der Waals surface area contributed by atoms with Gasteiger partial charge >= 0.3 is 0 Å². The van der Waals surface area contributed by atoms with Crippen LogP contribution in [0.25, 0.3) is 11.1 Å². The monoisotopic (exact) mass is 418 g/mol. The summed E-state index contributed by atoms with van der Waals surface area (Å²) in [5, 5.41) is 9.31. The van der Waals surface area contributed by atoms with Crippen molar-refractivity contribution in [2.75, 3.05) is 7.11 Å². The number of hydrogen-bond donors (Lipinski definition) is 1. The molecule has 154 valence electrons. The number of ether oxygens (including phenoxy) is 2. The summed E-state index contributed by atoms with van der Waals surface area (Å²) in [6.07, 6.45) is 0. The second kappa shape index (κ2) is 8.29. The first-order valence-corrected chi connectivity index (χ1v) is 8.54. The van der Waals surface area contributed by atoms with Crippen LogP contribution in [0.4, 0.5) is 17.6 Å². The Morgan fingerprint density at radius 1 is 1.07 bits per heavy atom. The Morgan fingerprint density at radius 3 is 2.33 bits per heavy atom. The number of aryl methyl sites for hydroxylation is 1. The van der Waals surface area contributed by atoms with Crippen molar-refractivity contribution < 1.29 is 27.0 Å². The first-order chi connectivity index (χ1) is 14.3. The van der Waals surface area contributed by atoms with Crippen molar-refractivity contribution in [3.8, 4) is 28.7 Å². The number of halogens is 4. The van der Waals surface area contributed by atoms with E-state index in [0.717, 1.165) is 0 Å². The standard InChI is InChI=1S/C21H14F4N2O3/c1-10-5-13(14(8-26)21(28)27-10)11-3-4-17(29-2)12(6-11)9-30-20-18(24)15(22)7-16(23)19(20)25/h3-7H,9H2,1-2H3,(H,27,28). The number of benzene rings is 2. The Labute approximate surface area is 168 Å². The van der Waals surface area contributed by atoms with E-state index < -0.39 is 41.2 Å². The number of rotatable bonds is 5. The molecule has 3 rings (SSSR count).